The molecule has 5 nitrogen and oxygen atoms in total. The lowest BCUT2D eigenvalue weighted by molar-refractivity contribution is -0.138. The maximum atomic E-state index is 13.3. The number of benzene rings is 1. The van der Waals surface area contributed by atoms with Gasteiger partial charge in [-0.25, -0.2) is 0 Å². The van der Waals surface area contributed by atoms with Crippen molar-refractivity contribution in [1.29, 1.82) is 0 Å². The predicted molar refractivity (Wildman–Crippen MR) is 118 cm³/mol. The Morgan fingerprint density at radius 3 is 2.60 bits per heavy atom. The minimum Gasteiger partial charge on any atom is -0.341 e. The normalized spacial score (nSPS) is 20.0. The molecule has 1 saturated heterocycles. The molecular weight excluding hydrogens is 374 g/mol. The van der Waals surface area contributed by atoms with E-state index < -0.39 is 0 Å². The van der Waals surface area contributed by atoms with Crippen molar-refractivity contribution in [1.82, 2.24) is 14.8 Å². The molecule has 1 aliphatic heterocycles. The quantitative estimate of drug-likeness (QED) is 0.735. The first-order valence-corrected chi connectivity index (χ1v) is 11.2. The van der Waals surface area contributed by atoms with Crippen LogP contribution in [0.3, 0.4) is 0 Å². The van der Waals surface area contributed by atoms with E-state index in [1.54, 1.807) is 12.4 Å². The molecule has 5 heteroatoms. The van der Waals surface area contributed by atoms with Gasteiger partial charge in [0.25, 0.3) is 0 Å². The highest BCUT2D eigenvalue weighted by Gasteiger charge is 2.35. The first kappa shape index (κ1) is 20.6. The molecule has 30 heavy (non-hydrogen) atoms. The molecule has 1 aromatic heterocycles. The lowest BCUT2D eigenvalue weighted by Gasteiger charge is -2.31. The second-order valence-corrected chi connectivity index (χ2v) is 8.57. The zero-order valence-electron chi connectivity index (χ0n) is 17.8. The summed E-state index contributed by atoms with van der Waals surface area (Å²) < 4.78 is 0. The Morgan fingerprint density at radius 2 is 1.90 bits per heavy atom. The molecule has 0 spiro atoms. The van der Waals surface area contributed by atoms with Gasteiger partial charge in [0.15, 0.2) is 0 Å². The van der Waals surface area contributed by atoms with Crippen LogP contribution in [0.2, 0.25) is 0 Å². The molecular formula is C25H31N3O2. The molecule has 2 fully saturated rings. The maximum Gasteiger partial charge on any atom is 0.227 e. The molecule has 2 aliphatic rings. The van der Waals surface area contributed by atoms with Gasteiger partial charge in [0, 0.05) is 44.5 Å². The molecule has 1 aliphatic carbocycles. The summed E-state index contributed by atoms with van der Waals surface area (Å²) >= 11 is 0. The van der Waals surface area contributed by atoms with Crippen LogP contribution < -0.4 is 0 Å². The number of rotatable bonds is 6. The van der Waals surface area contributed by atoms with Gasteiger partial charge >= 0.3 is 0 Å². The summed E-state index contributed by atoms with van der Waals surface area (Å²) in [6.07, 6.45) is 8.34. The van der Waals surface area contributed by atoms with Gasteiger partial charge in [0.2, 0.25) is 11.8 Å². The summed E-state index contributed by atoms with van der Waals surface area (Å²) in [7, 11) is 0. The van der Waals surface area contributed by atoms with E-state index in [1.807, 2.05) is 28.0 Å². The minimum absolute atomic E-state index is 0.175. The molecule has 1 saturated carbocycles. The molecule has 4 rings (SSSR count). The van der Waals surface area contributed by atoms with E-state index in [0.717, 1.165) is 48.9 Å². The third-order valence-corrected chi connectivity index (χ3v) is 6.42. The van der Waals surface area contributed by atoms with Crippen LogP contribution in [-0.4, -0.2) is 52.8 Å². The Hall–Kier alpha value is -2.69. The Bertz CT molecular complexity index is 879. The van der Waals surface area contributed by atoms with Gasteiger partial charge in [-0.2, -0.15) is 0 Å². The number of hydrogen-bond donors (Lipinski definition) is 0. The van der Waals surface area contributed by atoms with E-state index in [2.05, 4.69) is 30.1 Å². The van der Waals surface area contributed by atoms with Crippen molar-refractivity contribution >= 4 is 11.8 Å². The number of hydrogen-bond acceptors (Lipinski definition) is 3. The van der Waals surface area contributed by atoms with Crippen molar-refractivity contribution in [3.05, 3.63) is 54.4 Å². The standard InChI is InChI=1S/C25H31N3O2/c1-2-13-27-14-15-28(24(29)21-6-4-7-21)18-23(25(27)30)17-19-5-3-8-22(16-19)20-9-11-26-12-10-20/h3,5,8-12,16,21,23H,2,4,6-7,13-15,17-18H2,1H3/t23-/m0/s1. The fourth-order valence-electron chi connectivity index (χ4n) is 4.51. The summed E-state index contributed by atoms with van der Waals surface area (Å²) in [4.78, 5) is 34.3. The van der Waals surface area contributed by atoms with Gasteiger partial charge in [-0.05, 0) is 54.5 Å². The van der Waals surface area contributed by atoms with Crippen molar-refractivity contribution < 1.29 is 9.59 Å². The topological polar surface area (TPSA) is 53.5 Å². The van der Waals surface area contributed by atoms with E-state index >= 15 is 0 Å². The molecule has 0 bridgehead atoms. The van der Waals surface area contributed by atoms with Gasteiger partial charge in [0.1, 0.15) is 0 Å². The minimum atomic E-state index is -0.184. The Balaban J connectivity index is 1.55. The third-order valence-electron chi connectivity index (χ3n) is 6.42. The average Bonchev–Trinajstić information content (AvgIpc) is 2.88. The Labute approximate surface area is 179 Å². The smallest absolute Gasteiger partial charge is 0.227 e. The van der Waals surface area contributed by atoms with E-state index in [-0.39, 0.29) is 23.7 Å². The number of aromatic nitrogens is 1. The zero-order valence-corrected chi connectivity index (χ0v) is 17.8. The molecule has 2 heterocycles. The third kappa shape index (κ3) is 4.55. The van der Waals surface area contributed by atoms with E-state index in [0.29, 0.717) is 26.1 Å². The van der Waals surface area contributed by atoms with Crippen molar-refractivity contribution in [3.63, 3.8) is 0 Å². The number of pyridine rings is 1. The Morgan fingerprint density at radius 1 is 1.10 bits per heavy atom. The van der Waals surface area contributed by atoms with Crippen LogP contribution in [0, 0.1) is 11.8 Å². The molecule has 0 N–H and O–H groups in total. The van der Waals surface area contributed by atoms with Crippen LogP contribution in [-0.2, 0) is 16.0 Å². The molecule has 0 radical (unpaired) electrons. The van der Waals surface area contributed by atoms with Crippen LogP contribution >= 0.6 is 0 Å². The molecule has 1 atom stereocenters. The first-order chi connectivity index (χ1) is 14.7. The van der Waals surface area contributed by atoms with Crippen LogP contribution in [0.15, 0.2) is 48.8 Å². The predicted octanol–water partition coefficient (Wildman–Crippen LogP) is 3.79. The molecule has 158 valence electrons. The monoisotopic (exact) mass is 405 g/mol. The lowest BCUT2D eigenvalue weighted by atomic mass is 9.84. The van der Waals surface area contributed by atoms with Crippen LogP contribution in [0.1, 0.15) is 38.2 Å². The molecule has 1 aromatic carbocycles. The van der Waals surface area contributed by atoms with Crippen LogP contribution in [0.4, 0.5) is 0 Å². The van der Waals surface area contributed by atoms with Crippen molar-refractivity contribution in [2.75, 3.05) is 26.2 Å². The Kier molecular flexibility index (Phi) is 6.46. The van der Waals surface area contributed by atoms with Gasteiger partial charge < -0.3 is 9.80 Å². The van der Waals surface area contributed by atoms with E-state index in [9.17, 15) is 9.59 Å². The van der Waals surface area contributed by atoms with Gasteiger partial charge in [-0.1, -0.05) is 37.6 Å². The number of carbonyl (C=O) groups is 2. The lowest BCUT2D eigenvalue weighted by Crippen LogP contribution is -2.42. The summed E-state index contributed by atoms with van der Waals surface area (Å²) in [6.45, 7) is 4.71. The zero-order chi connectivity index (χ0) is 20.9. The largest absolute Gasteiger partial charge is 0.341 e. The van der Waals surface area contributed by atoms with Crippen molar-refractivity contribution in [2.45, 2.75) is 39.0 Å². The summed E-state index contributed by atoms with van der Waals surface area (Å²) in [5, 5.41) is 0. The highest BCUT2D eigenvalue weighted by Crippen LogP contribution is 2.30. The molecule has 2 amide bonds. The van der Waals surface area contributed by atoms with Crippen LogP contribution in [0.25, 0.3) is 11.1 Å². The molecule has 0 unspecified atom stereocenters. The highest BCUT2D eigenvalue weighted by atomic mass is 16.2. The highest BCUT2D eigenvalue weighted by molar-refractivity contribution is 5.83. The fraction of sp³-hybridized carbons (Fsp3) is 0.480. The van der Waals surface area contributed by atoms with Gasteiger partial charge in [-0.15, -0.1) is 0 Å². The van der Waals surface area contributed by atoms with Gasteiger partial charge in [-0.3, -0.25) is 14.6 Å². The number of carbonyl (C=O) groups excluding carboxylic acids is 2. The summed E-state index contributed by atoms with van der Waals surface area (Å²) in [5.41, 5.74) is 3.38. The van der Waals surface area contributed by atoms with E-state index in [1.165, 1.54) is 0 Å². The number of amides is 2. The van der Waals surface area contributed by atoms with Gasteiger partial charge in [0.05, 0.1) is 5.92 Å². The number of nitrogens with zero attached hydrogens (tertiary/aromatic N) is 3. The maximum absolute atomic E-state index is 13.3. The fourth-order valence-corrected chi connectivity index (χ4v) is 4.51. The average molecular weight is 406 g/mol. The van der Waals surface area contributed by atoms with Crippen molar-refractivity contribution in [2.24, 2.45) is 11.8 Å². The van der Waals surface area contributed by atoms with Crippen LogP contribution in [0.5, 0.6) is 0 Å². The molecule has 2 aromatic rings. The summed E-state index contributed by atoms with van der Waals surface area (Å²) in [5.74, 6) is 0.433. The second kappa shape index (κ2) is 9.41. The SMILES string of the molecule is CCCN1CCN(C(=O)C2CCC2)C[C@H](Cc2cccc(-c3ccncc3)c2)C1=O. The first-order valence-electron chi connectivity index (χ1n) is 11.2. The summed E-state index contributed by atoms with van der Waals surface area (Å²) in [6, 6.07) is 12.4. The van der Waals surface area contributed by atoms with Crippen molar-refractivity contribution in [3.8, 4) is 11.1 Å². The second-order valence-electron chi connectivity index (χ2n) is 8.57. The van der Waals surface area contributed by atoms with E-state index in [4.69, 9.17) is 0 Å².